The first-order valence-corrected chi connectivity index (χ1v) is 4.26. The van der Waals surface area contributed by atoms with E-state index in [-0.39, 0.29) is 6.42 Å². The number of Topliss-reactive ketones (excluding diaryl/α,β-unsaturated/α-hetero) is 1. The molecule has 2 nitrogen and oxygen atoms in total. The molecule has 0 amide bonds. The number of aryl methyl sites for hydroxylation is 1. The standard InChI is InChI=1S/C11H12O2/c1-13-9-5-6-10-8(7-9)3-2-4-11(10)12/h5-7H,2-4H2,1H3/i4D2. The first-order valence-electron chi connectivity index (χ1n) is 5.26. The fourth-order valence-electron chi connectivity index (χ4n) is 1.53. The topological polar surface area (TPSA) is 26.3 Å². The second kappa shape index (κ2) is 3.21. The maximum atomic E-state index is 11.7. The number of benzene rings is 1. The number of rotatable bonds is 1. The number of methoxy groups -OCH3 is 1. The minimum absolute atomic E-state index is 0.256. The fraction of sp³-hybridized carbons (Fsp3) is 0.364. The van der Waals surface area contributed by atoms with Crippen molar-refractivity contribution in [1.82, 2.24) is 0 Å². The molecule has 0 unspecified atom stereocenters. The van der Waals surface area contributed by atoms with Gasteiger partial charge in [-0.2, -0.15) is 0 Å². The number of ketones is 1. The van der Waals surface area contributed by atoms with Crippen LogP contribution in [0.4, 0.5) is 0 Å². The lowest BCUT2D eigenvalue weighted by Crippen LogP contribution is -2.10. The van der Waals surface area contributed by atoms with Gasteiger partial charge in [-0.3, -0.25) is 4.79 Å². The summed E-state index contributed by atoms with van der Waals surface area (Å²) in [4.78, 5) is 11.7. The van der Waals surface area contributed by atoms with Crippen molar-refractivity contribution in [2.45, 2.75) is 19.2 Å². The third-order valence-electron chi connectivity index (χ3n) is 2.24. The zero-order valence-electron chi connectivity index (χ0n) is 9.46. The molecule has 0 heterocycles. The smallest absolute Gasteiger partial charge is 0.163 e. The van der Waals surface area contributed by atoms with Crippen LogP contribution in [0.25, 0.3) is 0 Å². The molecule has 2 rings (SSSR count). The Bertz CT molecular complexity index is 413. The van der Waals surface area contributed by atoms with Crippen LogP contribution in [0, 0.1) is 0 Å². The SMILES string of the molecule is [2H]C1([2H])CCc2cc(OC)ccc2C1=O. The predicted molar refractivity (Wildman–Crippen MR) is 50.3 cm³/mol. The molecule has 0 N–H and O–H groups in total. The van der Waals surface area contributed by atoms with E-state index < -0.39 is 12.2 Å². The van der Waals surface area contributed by atoms with Gasteiger partial charge in [0, 0.05) is 14.7 Å². The van der Waals surface area contributed by atoms with Crippen molar-refractivity contribution in [3.63, 3.8) is 0 Å². The molecule has 0 saturated carbocycles. The Morgan fingerprint density at radius 3 is 3.15 bits per heavy atom. The molecule has 1 aliphatic carbocycles. The summed E-state index contributed by atoms with van der Waals surface area (Å²) in [6.07, 6.45) is -0.862. The summed E-state index contributed by atoms with van der Waals surface area (Å²) in [7, 11) is 1.58. The number of carbonyl (C=O) groups is 1. The van der Waals surface area contributed by atoms with Crippen molar-refractivity contribution < 1.29 is 12.3 Å². The molecule has 68 valence electrons. The number of hydrogen-bond donors (Lipinski definition) is 0. The molecule has 0 fully saturated rings. The molecule has 1 aromatic carbocycles. The van der Waals surface area contributed by atoms with Crippen molar-refractivity contribution >= 4 is 5.78 Å². The van der Waals surface area contributed by atoms with Crippen LogP contribution in [0.1, 0.15) is 31.5 Å². The van der Waals surface area contributed by atoms with Gasteiger partial charge in [-0.15, -0.1) is 0 Å². The number of fused-ring (bicyclic) bond motifs is 1. The van der Waals surface area contributed by atoms with Gasteiger partial charge in [0.1, 0.15) is 5.75 Å². The Morgan fingerprint density at radius 2 is 2.38 bits per heavy atom. The molecule has 0 bridgehead atoms. The third kappa shape index (κ3) is 1.44. The first kappa shape index (κ1) is 6.19. The highest BCUT2D eigenvalue weighted by Crippen LogP contribution is 2.24. The van der Waals surface area contributed by atoms with Gasteiger partial charge in [0.15, 0.2) is 5.78 Å². The number of hydrogen-bond acceptors (Lipinski definition) is 2. The minimum Gasteiger partial charge on any atom is -0.497 e. The van der Waals surface area contributed by atoms with E-state index >= 15 is 0 Å². The molecular weight excluding hydrogens is 164 g/mol. The lowest BCUT2D eigenvalue weighted by Gasteiger charge is -2.14. The molecule has 0 aromatic heterocycles. The lowest BCUT2D eigenvalue weighted by atomic mass is 9.91. The van der Waals surface area contributed by atoms with Crippen LogP contribution in [-0.2, 0) is 6.42 Å². The summed E-state index contributed by atoms with van der Waals surface area (Å²) in [5.74, 6) is 0.301. The van der Waals surface area contributed by atoms with Crippen LogP contribution in [-0.4, -0.2) is 12.9 Å². The number of ether oxygens (including phenoxy) is 1. The summed E-state index contributed by atoms with van der Waals surface area (Å²) in [5, 5.41) is 0. The van der Waals surface area contributed by atoms with Crippen LogP contribution in [0.2, 0.25) is 0 Å². The highest BCUT2D eigenvalue weighted by molar-refractivity contribution is 5.98. The van der Waals surface area contributed by atoms with Crippen LogP contribution < -0.4 is 4.74 Å². The van der Waals surface area contributed by atoms with E-state index in [0.717, 1.165) is 5.56 Å². The van der Waals surface area contributed by atoms with Gasteiger partial charge < -0.3 is 4.74 Å². The lowest BCUT2D eigenvalue weighted by molar-refractivity contribution is 0.0972. The van der Waals surface area contributed by atoms with E-state index in [1.807, 2.05) is 6.07 Å². The molecule has 0 spiro atoms. The van der Waals surface area contributed by atoms with Crippen molar-refractivity contribution in [1.29, 1.82) is 0 Å². The molecule has 1 aliphatic rings. The number of carbonyl (C=O) groups excluding carboxylic acids is 1. The van der Waals surface area contributed by atoms with Gasteiger partial charge in [0.05, 0.1) is 7.11 Å². The van der Waals surface area contributed by atoms with E-state index in [2.05, 4.69) is 0 Å². The highest BCUT2D eigenvalue weighted by atomic mass is 16.5. The Morgan fingerprint density at radius 1 is 1.54 bits per heavy atom. The summed E-state index contributed by atoms with van der Waals surface area (Å²) in [5.41, 5.74) is 1.38. The Hall–Kier alpha value is -1.31. The molecule has 13 heavy (non-hydrogen) atoms. The minimum atomic E-state index is -1.71. The van der Waals surface area contributed by atoms with Crippen LogP contribution in [0.15, 0.2) is 18.2 Å². The maximum Gasteiger partial charge on any atom is 0.163 e. The van der Waals surface area contributed by atoms with Crippen LogP contribution in [0.5, 0.6) is 5.75 Å². The molecule has 0 atom stereocenters. The highest BCUT2D eigenvalue weighted by Gasteiger charge is 2.16. The van der Waals surface area contributed by atoms with E-state index in [9.17, 15) is 4.79 Å². The Kier molecular flexibility index (Phi) is 1.53. The van der Waals surface area contributed by atoms with E-state index in [1.165, 1.54) is 0 Å². The zero-order chi connectivity index (χ0) is 11.1. The first-order chi connectivity index (χ1) is 7.04. The van der Waals surface area contributed by atoms with Gasteiger partial charge in [-0.05, 0) is 36.6 Å². The largest absolute Gasteiger partial charge is 0.497 e. The van der Waals surface area contributed by atoms with Gasteiger partial charge in [0.2, 0.25) is 0 Å². The normalized spacial score (nSPS) is 21.5. The summed E-state index contributed by atoms with van der Waals surface area (Å²) < 4.78 is 20.2. The fourth-order valence-corrected chi connectivity index (χ4v) is 1.53. The second-order valence-corrected chi connectivity index (χ2v) is 3.03. The van der Waals surface area contributed by atoms with Crippen molar-refractivity contribution in [2.24, 2.45) is 0 Å². The average Bonchev–Trinajstić information content (AvgIpc) is 2.23. The third-order valence-corrected chi connectivity index (χ3v) is 2.24. The molecule has 0 saturated heterocycles. The molecular formula is C11H12O2. The summed E-state index contributed by atoms with van der Waals surface area (Å²) in [6.45, 7) is 0. The van der Waals surface area contributed by atoms with E-state index in [0.29, 0.717) is 17.7 Å². The van der Waals surface area contributed by atoms with Gasteiger partial charge in [-0.1, -0.05) is 0 Å². The van der Waals surface area contributed by atoms with Crippen molar-refractivity contribution in [3.8, 4) is 5.75 Å². The van der Waals surface area contributed by atoms with Gasteiger partial charge >= 0.3 is 0 Å². The predicted octanol–water partition coefficient (Wildman–Crippen LogP) is 2.21. The molecule has 2 heteroatoms. The average molecular weight is 178 g/mol. The Balaban J connectivity index is 2.46. The summed E-state index contributed by atoms with van der Waals surface area (Å²) >= 11 is 0. The van der Waals surface area contributed by atoms with Crippen molar-refractivity contribution in [2.75, 3.05) is 7.11 Å². The van der Waals surface area contributed by atoms with Crippen molar-refractivity contribution in [3.05, 3.63) is 29.3 Å². The van der Waals surface area contributed by atoms with Crippen LogP contribution >= 0.6 is 0 Å². The monoisotopic (exact) mass is 178 g/mol. The summed E-state index contributed by atoms with van der Waals surface area (Å²) in [6, 6.07) is 5.15. The van der Waals surface area contributed by atoms with Crippen LogP contribution in [0.3, 0.4) is 0 Å². The molecule has 1 aromatic rings. The maximum absolute atomic E-state index is 11.7. The van der Waals surface area contributed by atoms with E-state index in [1.54, 1.807) is 19.2 Å². The molecule has 0 radical (unpaired) electrons. The van der Waals surface area contributed by atoms with Gasteiger partial charge in [0.25, 0.3) is 0 Å². The van der Waals surface area contributed by atoms with Gasteiger partial charge in [-0.25, -0.2) is 0 Å². The zero-order valence-corrected chi connectivity index (χ0v) is 7.46. The molecule has 0 aliphatic heterocycles. The van der Waals surface area contributed by atoms with E-state index in [4.69, 9.17) is 7.48 Å². The Labute approximate surface area is 80.3 Å². The second-order valence-electron chi connectivity index (χ2n) is 3.03. The quantitative estimate of drug-likeness (QED) is 0.659.